The van der Waals surface area contributed by atoms with Gasteiger partial charge in [0.15, 0.2) is 6.73 Å². The molecule has 0 atom stereocenters. The summed E-state index contributed by atoms with van der Waals surface area (Å²) >= 11 is 6.37. The van der Waals surface area contributed by atoms with Crippen LogP contribution in [0.15, 0.2) is 39.5 Å². The van der Waals surface area contributed by atoms with Crippen molar-refractivity contribution in [1.82, 2.24) is 0 Å². The van der Waals surface area contributed by atoms with Gasteiger partial charge in [0.2, 0.25) is 0 Å². The fourth-order valence-electron chi connectivity index (χ4n) is 3.13. The molecule has 0 N–H and O–H groups in total. The van der Waals surface area contributed by atoms with Gasteiger partial charge in [-0.2, -0.15) is 0 Å². The lowest BCUT2D eigenvalue weighted by molar-refractivity contribution is 0.287. The summed E-state index contributed by atoms with van der Waals surface area (Å²) in [5.41, 5.74) is 2.49. The predicted octanol–water partition coefficient (Wildman–Crippen LogP) is 4.56. The van der Waals surface area contributed by atoms with Crippen molar-refractivity contribution in [2.75, 3.05) is 11.6 Å². The third-order valence-electron chi connectivity index (χ3n) is 4.66. The molecule has 3 aromatic rings. The zero-order valence-corrected chi connectivity index (χ0v) is 14.5. The van der Waals surface area contributed by atoms with Crippen molar-refractivity contribution in [2.45, 2.75) is 20.4 Å². The summed E-state index contributed by atoms with van der Waals surface area (Å²) in [5.74, 6) is 0.141. The van der Waals surface area contributed by atoms with E-state index in [1.54, 1.807) is 36.1 Å². The van der Waals surface area contributed by atoms with E-state index in [0.717, 1.165) is 10.9 Å². The number of ether oxygens (including phenoxy) is 1. The Morgan fingerprint density at radius 1 is 1.20 bits per heavy atom. The van der Waals surface area contributed by atoms with Crippen LogP contribution in [0.3, 0.4) is 0 Å². The Bertz CT molecular complexity index is 1060. The first-order valence-electron chi connectivity index (χ1n) is 7.85. The van der Waals surface area contributed by atoms with E-state index in [1.807, 2.05) is 6.92 Å². The number of hydrogen-bond donors (Lipinski definition) is 0. The normalized spacial score (nSPS) is 13.7. The monoisotopic (exact) mass is 359 g/mol. The topological polar surface area (TPSA) is 42.7 Å². The van der Waals surface area contributed by atoms with Crippen LogP contribution >= 0.6 is 11.6 Å². The second-order valence-electron chi connectivity index (χ2n) is 6.11. The van der Waals surface area contributed by atoms with Gasteiger partial charge in [0, 0.05) is 10.9 Å². The number of para-hydroxylation sites is 1. The van der Waals surface area contributed by atoms with Gasteiger partial charge in [0.1, 0.15) is 17.1 Å². The first kappa shape index (κ1) is 16.0. The zero-order valence-electron chi connectivity index (χ0n) is 13.7. The highest BCUT2D eigenvalue weighted by Crippen LogP contribution is 2.40. The average Bonchev–Trinajstić information content (AvgIpc) is 2.61. The molecule has 1 aliphatic heterocycles. The molecule has 6 heteroatoms. The molecule has 25 heavy (non-hydrogen) atoms. The largest absolute Gasteiger partial charge is 0.471 e. The third-order valence-corrected chi connectivity index (χ3v) is 4.94. The van der Waals surface area contributed by atoms with Gasteiger partial charge in [0.05, 0.1) is 22.8 Å². The van der Waals surface area contributed by atoms with Gasteiger partial charge < -0.3 is 14.1 Å². The smallest absolute Gasteiger partial charge is 0.339 e. The third kappa shape index (κ3) is 2.46. The molecule has 4 nitrogen and oxygen atoms in total. The Kier molecular flexibility index (Phi) is 3.69. The highest BCUT2D eigenvalue weighted by Gasteiger charge is 2.26. The Morgan fingerprint density at radius 3 is 2.72 bits per heavy atom. The van der Waals surface area contributed by atoms with E-state index in [4.69, 9.17) is 20.8 Å². The molecule has 0 spiro atoms. The highest BCUT2D eigenvalue weighted by molar-refractivity contribution is 6.33. The quantitative estimate of drug-likeness (QED) is 0.597. The van der Waals surface area contributed by atoms with E-state index in [9.17, 15) is 9.18 Å². The molecule has 0 amide bonds. The van der Waals surface area contributed by atoms with Gasteiger partial charge in [-0.15, -0.1) is 0 Å². The van der Waals surface area contributed by atoms with Crippen molar-refractivity contribution in [3.8, 4) is 5.75 Å². The fourth-order valence-corrected chi connectivity index (χ4v) is 3.41. The fraction of sp³-hybridized carbons (Fsp3) is 0.211. The summed E-state index contributed by atoms with van der Waals surface area (Å²) in [7, 11) is 0. The number of benzene rings is 2. The summed E-state index contributed by atoms with van der Waals surface area (Å²) in [5, 5.41) is 1.21. The molecular formula is C19H15ClFNO3. The number of rotatable bonds is 1. The average molecular weight is 360 g/mol. The maximum absolute atomic E-state index is 14.1. The minimum Gasteiger partial charge on any atom is -0.471 e. The first-order valence-corrected chi connectivity index (χ1v) is 8.23. The van der Waals surface area contributed by atoms with E-state index >= 15 is 0 Å². The molecule has 0 bridgehead atoms. The molecule has 4 rings (SSSR count). The molecule has 1 aromatic heterocycles. The van der Waals surface area contributed by atoms with Gasteiger partial charge in [-0.05, 0) is 37.6 Å². The van der Waals surface area contributed by atoms with Crippen molar-refractivity contribution < 1.29 is 13.5 Å². The maximum atomic E-state index is 14.1. The Balaban J connectivity index is 1.93. The minimum absolute atomic E-state index is 0.161. The highest BCUT2D eigenvalue weighted by atomic mass is 35.5. The van der Waals surface area contributed by atoms with Crippen LogP contribution in [-0.2, 0) is 6.54 Å². The number of nitrogens with zero attached hydrogens (tertiary/aromatic N) is 1. The second-order valence-corrected chi connectivity index (χ2v) is 6.51. The maximum Gasteiger partial charge on any atom is 0.339 e. The van der Waals surface area contributed by atoms with Crippen molar-refractivity contribution >= 4 is 28.3 Å². The van der Waals surface area contributed by atoms with Crippen molar-refractivity contribution in [3.63, 3.8) is 0 Å². The Hall–Kier alpha value is -2.53. The number of fused-ring (bicyclic) bond motifs is 3. The second kappa shape index (κ2) is 5.77. The van der Waals surface area contributed by atoms with Crippen molar-refractivity contribution in [3.05, 3.63) is 68.3 Å². The van der Waals surface area contributed by atoms with Crippen LogP contribution in [0, 0.1) is 19.7 Å². The molecule has 2 heterocycles. The molecule has 2 aromatic carbocycles. The van der Waals surface area contributed by atoms with Gasteiger partial charge in [-0.3, -0.25) is 0 Å². The lowest BCUT2D eigenvalue weighted by Gasteiger charge is -2.31. The van der Waals surface area contributed by atoms with Crippen LogP contribution in [0.5, 0.6) is 5.75 Å². The van der Waals surface area contributed by atoms with Gasteiger partial charge in [-0.25, -0.2) is 9.18 Å². The van der Waals surface area contributed by atoms with E-state index < -0.39 is 5.63 Å². The van der Waals surface area contributed by atoms with Crippen LogP contribution in [0.4, 0.5) is 10.1 Å². The van der Waals surface area contributed by atoms with Crippen molar-refractivity contribution in [2.24, 2.45) is 0 Å². The van der Waals surface area contributed by atoms with E-state index in [1.165, 1.54) is 6.07 Å². The zero-order chi connectivity index (χ0) is 17.7. The van der Waals surface area contributed by atoms with Crippen LogP contribution in [0.25, 0.3) is 11.0 Å². The Labute approximate surface area is 148 Å². The number of halogens is 2. The first-order chi connectivity index (χ1) is 12.0. The standard InChI is InChI=1S/C19H15ClFNO3/c1-10-11(2)19(23)25-17-12(10)7-14(20)18-13(17)8-22(9-24-18)16-6-4-3-5-15(16)21/h3-7H,8-9H2,1-2H3. The summed E-state index contributed by atoms with van der Waals surface area (Å²) in [4.78, 5) is 13.9. The van der Waals surface area contributed by atoms with Crippen LogP contribution in [0.1, 0.15) is 16.7 Å². The molecule has 0 saturated heterocycles. The molecule has 0 unspecified atom stereocenters. The lowest BCUT2D eigenvalue weighted by atomic mass is 10.0. The SMILES string of the molecule is Cc1c(C)c2cc(Cl)c3c(c2oc1=O)CN(c1ccccc1F)CO3. The molecule has 0 fully saturated rings. The summed E-state index contributed by atoms with van der Waals surface area (Å²) in [6, 6.07) is 8.23. The van der Waals surface area contributed by atoms with Crippen LogP contribution < -0.4 is 15.3 Å². The molecule has 0 saturated carbocycles. The minimum atomic E-state index is -0.391. The molecule has 128 valence electrons. The number of anilines is 1. The van der Waals surface area contributed by atoms with Gasteiger partial charge >= 0.3 is 5.63 Å². The summed E-state index contributed by atoms with van der Waals surface area (Å²) in [6.45, 7) is 4.07. The molecular weight excluding hydrogens is 345 g/mol. The van der Waals surface area contributed by atoms with Gasteiger partial charge in [0.25, 0.3) is 0 Å². The number of hydrogen-bond acceptors (Lipinski definition) is 4. The predicted molar refractivity (Wildman–Crippen MR) is 95.0 cm³/mol. The van der Waals surface area contributed by atoms with E-state index in [-0.39, 0.29) is 12.5 Å². The molecule has 0 aliphatic carbocycles. The summed E-state index contributed by atoms with van der Waals surface area (Å²) in [6.07, 6.45) is 0. The van der Waals surface area contributed by atoms with Crippen molar-refractivity contribution in [1.29, 1.82) is 0 Å². The van der Waals surface area contributed by atoms with Crippen LogP contribution in [-0.4, -0.2) is 6.73 Å². The number of aryl methyl sites for hydroxylation is 1. The van der Waals surface area contributed by atoms with Crippen LogP contribution in [0.2, 0.25) is 5.02 Å². The van der Waals surface area contributed by atoms with E-state index in [0.29, 0.717) is 39.7 Å². The molecule has 1 aliphatic rings. The summed E-state index contributed by atoms with van der Waals surface area (Å²) < 4.78 is 25.4. The van der Waals surface area contributed by atoms with Gasteiger partial charge in [-0.1, -0.05) is 23.7 Å². The lowest BCUT2D eigenvalue weighted by Crippen LogP contribution is -2.33. The van der Waals surface area contributed by atoms with E-state index in [2.05, 4.69) is 0 Å². The Morgan fingerprint density at radius 2 is 1.96 bits per heavy atom. The molecule has 0 radical (unpaired) electrons.